The summed E-state index contributed by atoms with van der Waals surface area (Å²) in [6.45, 7) is 4.20. The number of benzene rings is 3. The molecule has 0 aliphatic carbocycles. The average molecular weight is 355 g/mol. The number of allylic oxidation sites excluding steroid dienone is 3. The highest BCUT2D eigenvalue weighted by Crippen LogP contribution is 2.29. The third-order valence-electron chi connectivity index (χ3n) is 5.11. The molecule has 26 heavy (non-hydrogen) atoms. The van der Waals surface area contributed by atoms with E-state index in [4.69, 9.17) is 4.74 Å². The van der Waals surface area contributed by atoms with Crippen molar-refractivity contribution in [2.45, 2.75) is 13.8 Å². The highest BCUT2D eigenvalue weighted by atomic mass is 28.3. The topological polar surface area (TPSA) is 9.23 Å². The SMILES string of the molecule is C/C=C\C1=COc2c(C)cccc2[Si]1(c1ccccc1)c1ccccc1. The molecule has 0 bridgehead atoms. The van der Waals surface area contributed by atoms with E-state index in [0.717, 1.165) is 5.75 Å². The van der Waals surface area contributed by atoms with Gasteiger partial charge in [-0.2, -0.15) is 0 Å². The third kappa shape index (κ3) is 2.46. The minimum atomic E-state index is -2.39. The van der Waals surface area contributed by atoms with Crippen LogP contribution in [-0.2, 0) is 0 Å². The van der Waals surface area contributed by atoms with Gasteiger partial charge in [-0.1, -0.05) is 91.0 Å². The van der Waals surface area contributed by atoms with E-state index in [0.29, 0.717) is 0 Å². The van der Waals surface area contributed by atoms with E-state index in [1.54, 1.807) is 0 Å². The fraction of sp³-hybridized carbons (Fsp3) is 0.0833. The molecule has 0 unspecified atom stereocenters. The number of hydrogen-bond acceptors (Lipinski definition) is 1. The van der Waals surface area contributed by atoms with E-state index in [1.165, 1.54) is 26.3 Å². The molecule has 0 amide bonds. The van der Waals surface area contributed by atoms with Crippen LogP contribution in [0.25, 0.3) is 0 Å². The second kappa shape index (κ2) is 6.81. The Morgan fingerprint density at radius 3 is 1.96 bits per heavy atom. The van der Waals surface area contributed by atoms with Crippen molar-refractivity contribution in [3.63, 3.8) is 0 Å². The van der Waals surface area contributed by atoms with E-state index in [1.807, 2.05) is 6.26 Å². The summed E-state index contributed by atoms with van der Waals surface area (Å²) < 4.78 is 6.14. The molecule has 3 aromatic carbocycles. The van der Waals surface area contributed by atoms with Crippen LogP contribution in [0.5, 0.6) is 5.75 Å². The van der Waals surface area contributed by atoms with Crippen molar-refractivity contribution < 1.29 is 4.74 Å². The molecule has 4 rings (SSSR count). The molecule has 1 aliphatic rings. The lowest BCUT2D eigenvalue weighted by Gasteiger charge is -2.38. The number of aryl methyl sites for hydroxylation is 1. The van der Waals surface area contributed by atoms with E-state index in [9.17, 15) is 0 Å². The van der Waals surface area contributed by atoms with Crippen molar-refractivity contribution in [1.29, 1.82) is 0 Å². The van der Waals surface area contributed by atoms with Crippen LogP contribution in [0.3, 0.4) is 0 Å². The van der Waals surface area contributed by atoms with Crippen LogP contribution in [0, 0.1) is 6.92 Å². The summed E-state index contributed by atoms with van der Waals surface area (Å²) in [7, 11) is -2.39. The van der Waals surface area contributed by atoms with Gasteiger partial charge in [0.2, 0.25) is 0 Å². The molecule has 1 heterocycles. The highest BCUT2D eigenvalue weighted by molar-refractivity contribution is 7.17. The fourth-order valence-corrected chi connectivity index (χ4v) is 8.91. The zero-order valence-corrected chi connectivity index (χ0v) is 16.1. The molecular formula is C24H22OSi. The summed E-state index contributed by atoms with van der Waals surface area (Å²) in [6, 6.07) is 28.4. The maximum Gasteiger partial charge on any atom is 0.187 e. The van der Waals surface area contributed by atoms with E-state index < -0.39 is 8.07 Å². The van der Waals surface area contributed by atoms with Gasteiger partial charge in [-0.05, 0) is 40.2 Å². The molecule has 0 radical (unpaired) electrons. The number of para-hydroxylation sites is 1. The third-order valence-corrected chi connectivity index (χ3v) is 9.86. The van der Waals surface area contributed by atoms with Crippen LogP contribution in [0.4, 0.5) is 0 Å². The van der Waals surface area contributed by atoms with Crippen LogP contribution in [0.15, 0.2) is 102 Å². The number of fused-ring (bicyclic) bond motifs is 1. The van der Waals surface area contributed by atoms with Gasteiger partial charge in [0.05, 0.1) is 6.26 Å². The number of ether oxygens (including phenoxy) is 1. The Balaban J connectivity index is 2.15. The Morgan fingerprint density at radius 1 is 0.769 bits per heavy atom. The molecule has 0 atom stereocenters. The first-order chi connectivity index (χ1) is 12.8. The molecule has 0 saturated heterocycles. The molecule has 1 aliphatic heterocycles. The predicted octanol–water partition coefficient (Wildman–Crippen LogP) is 3.86. The lowest BCUT2D eigenvalue weighted by Crippen LogP contribution is -2.69. The van der Waals surface area contributed by atoms with Crippen LogP contribution < -0.4 is 20.3 Å². The second-order valence-electron chi connectivity index (χ2n) is 6.62. The molecule has 0 saturated carbocycles. The lowest BCUT2D eigenvalue weighted by atomic mass is 10.2. The van der Waals surface area contributed by atoms with Crippen LogP contribution in [0.1, 0.15) is 12.5 Å². The molecule has 0 N–H and O–H groups in total. The van der Waals surface area contributed by atoms with Crippen molar-refractivity contribution >= 4 is 23.6 Å². The van der Waals surface area contributed by atoms with Gasteiger partial charge in [0, 0.05) is 0 Å². The standard InChI is InChI=1S/C24H22OSi/c1-3-11-22-18-25-24-19(2)12-10-17-23(24)26(22,20-13-6-4-7-14-20)21-15-8-5-9-16-21/h3-18H,1-2H3/b11-3-. The Kier molecular flexibility index (Phi) is 4.35. The Bertz CT molecular complexity index is 932. The molecular weight excluding hydrogens is 332 g/mol. The highest BCUT2D eigenvalue weighted by Gasteiger charge is 2.46. The monoisotopic (exact) mass is 354 g/mol. The first kappa shape index (κ1) is 16.6. The van der Waals surface area contributed by atoms with Gasteiger partial charge in [0.15, 0.2) is 8.07 Å². The molecule has 0 aromatic heterocycles. The molecule has 3 aromatic rings. The van der Waals surface area contributed by atoms with Gasteiger partial charge >= 0.3 is 0 Å². The minimum absolute atomic E-state index is 1.01. The van der Waals surface area contributed by atoms with Crippen LogP contribution >= 0.6 is 0 Å². The fourth-order valence-electron chi connectivity index (χ4n) is 4.00. The van der Waals surface area contributed by atoms with Gasteiger partial charge in [0.1, 0.15) is 5.75 Å². The summed E-state index contributed by atoms with van der Waals surface area (Å²) in [5.41, 5.74) is 1.18. The summed E-state index contributed by atoms with van der Waals surface area (Å²) in [5.74, 6) is 1.01. The first-order valence-electron chi connectivity index (χ1n) is 8.99. The normalized spacial score (nSPS) is 15.2. The Morgan fingerprint density at radius 2 is 1.38 bits per heavy atom. The van der Waals surface area contributed by atoms with Crippen molar-refractivity contribution in [1.82, 2.24) is 0 Å². The van der Waals surface area contributed by atoms with E-state index in [-0.39, 0.29) is 0 Å². The van der Waals surface area contributed by atoms with Crippen LogP contribution in [0.2, 0.25) is 0 Å². The maximum atomic E-state index is 6.14. The molecule has 128 valence electrons. The summed E-state index contributed by atoms with van der Waals surface area (Å²) in [5, 5.41) is 5.36. The van der Waals surface area contributed by atoms with E-state index in [2.05, 4.69) is 105 Å². The first-order valence-corrected chi connectivity index (χ1v) is 11.0. The molecule has 0 fully saturated rings. The Hall–Kier alpha value is -2.84. The van der Waals surface area contributed by atoms with Gasteiger partial charge in [-0.25, -0.2) is 0 Å². The van der Waals surface area contributed by atoms with Crippen molar-refractivity contribution in [3.8, 4) is 5.75 Å². The molecule has 2 heteroatoms. The van der Waals surface area contributed by atoms with Crippen molar-refractivity contribution in [2.24, 2.45) is 0 Å². The minimum Gasteiger partial charge on any atom is -0.465 e. The van der Waals surface area contributed by atoms with Gasteiger partial charge in [-0.3, -0.25) is 0 Å². The van der Waals surface area contributed by atoms with Crippen molar-refractivity contribution in [2.75, 3.05) is 0 Å². The smallest absolute Gasteiger partial charge is 0.187 e. The summed E-state index contributed by atoms with van der Waals surface area (Å²) in [4.78, 5) is 0. The van der Waals surface area contributed by atoms with E-state index >= 15 is 0 Å². The van der Waals surface area contributed by atoms with Gasteiger partial charge in [-0.15, -0.1) is 0 Å². The summed E-state index contributed by atoms with van der Waals surface area (Å²) >= 11 is 0. The Labute approximate surface area is 156 Å². The second-order valence-corrected chi connectivity index (χ2v) is 10.4. The quantitative estimate of drug-likeness (QED) is 0.649. The number of hydrogen-bond donors (Lipinski definition) is 0. The largest absolute Gasteiger partial charge is 0.465 e. The predicted molar refractivity (Wildman–Crippen MR) is 112 cm³/mol. The van der Waals surface area contributed by atoms with Crippen LogP contribution in [-0.4, -0.2) is 8.07 Å². The molecule has 1 nitrogen and oxygen atoms in total. The number of rotatable bonds is 3. The van der Waals surface area contributed by atoms with Crippen molar-refractivity contribution in [3.05, 3.63) is 108 Å². The van der Waals surface area contributed by atoms with Gasteiger partial charge < -0.3 is 4.74 Å². The average Bonchev–Trinajstić information content (AvgIpc) is 2.70. The van der Waals surface area contributed by atoms with Gasteiger partial charge in [0.25, 0.3) is 0 Å². The maximum absolute atomic E-state index is 6.14. The molecule has 0 spiro atoms. The lowest BCUT2D eigenvalue weighted by molar-refractivity contribution is 0.476. The summed E-state index contributed by atoms with van der Waals surface area (Å²) in [6.07, 6.45) is 6.31. The zero-order valence-electron chi connectivity index (χ0n) is 15.1. The zero-order chi connectivity index (χ0) is 18.0.